The molecule has 1 fully saturated rings. The largest absolute Gasteiger partial charge is 0.484 e. The van der Waals surface area contributed by atoms with E-state index in [0.717, 1.165) is 47.5 Å². The van der Waals surface area contributed by atoms with Gasteiger partial charge in [-0.15, -0.1) is 0 Å². The molecule has 0 spiro atoms. The van der Waals surface area contributed by atoms with E-state index in [-0.39, 0.29) is 24.2 Å². The average Bonchev–Trinajstić information content (AvgIpc) is 3.26. The summed E-state index contributed by atoms with van der Waals surface area (Å²) in [6.07, 6.45) is 2.08. The van der Waals surface area contributed by atoms with Gasteiger partial charge in [-0.3, -0.25) is 9.69 Å². The number of benzene rings is 2. The molecule has 1 saturated heterocycles. The molecule has 3 aliphatic rings. The van der Waals surface area contributed by atoms with Crippen LogP contribution in [0, 0.1) is 0 Å². The summed E-state index contributed by atoms with van der Waals surface area (Å²) in [4.78, 5) is 14.1. The summed E-state index contributed by atoms with van der Waals surface area (Å²) in [5.41, 5.74) is 3.90. The number of carbonyl (C=O) groups is 1. The Hall–Kier alpha value is -1.79. The summed E-state index contributed by atoms with van der Waals surface area (Å²) in [6.45, 7) is 1.46. The maximum Gasteiger partial charge on any atom is 0.224 e. The Morgan fingerprint density at radius 1 is 1.17 bits per heavy atom. The number of aliphatic hydroxyl groups is 1. The van der Waals surface area contributed by atoms with Gasteiger partial charge in [0.2, 0.25) is 5.91 Å². The van der Waals surface area contributed by atoms with Gasteiger partial charge >= 0.3 is 0 Å². The minimum Gasteiger partial charge on any atom is -0.484 e. The van der Waals surface area contributed by atoms with Crippen LogP contribution in [-0.2, 0) is 17.6 Å². The molecule has 0 unspecified atom stereocenters. The number of rotatable bonds is 3. The zero-order chi connectivity index (χ0) is 20.1. The molecule has 152 valence electrons. The molecule has 2 N–H and O–H groups in total. The van der Waals surface area contributed by atoms with E-state index in [1.54, 1.807) is 6.07 Å². The predicted molar refractivity (Wildman–Crippen MR) is 113 cm³/mol. The third-order valence-corrected chi connectivity index (χ3v) is 6.75. The van der Waals surface area contributed by atoms with Crippen LogP contribution in [0.2, 0.25) is 10.0 Å². The minimum atomic E-state index is -0.307. The summed E-state index contributed by atoms with van der Waals surface area (Å²) >= 11 is 12.8. The Morgan fingerprint density at radius 2 is 2.03 bits per heavy atom. The highest BCUT2D eigenvalue weighted by Gasteiger charge is 2.42. The maximum absolute atomic E-state index is 11.8. The van der Waals surface area contributed by atoms with E-state index in [2.05, 4.69) is 10.2 Å². The van der Waals surface area contributed by atoms with E-state index in [9.17, 15) is 9.90 Å². The number of amides is 1. The van der Waals surface area contributed by atoms with Gasteiger partial charge in [-0.1, -0.05) is 29.3 Å². The highest BCUT2D eigenvalue weighted by atomic mass is 35.5. The quantitative estimate of drug-likeness (QED) is 0.769. The SMILES string of the molecule is O=C1CCc2c(cccc2O[C@H]2c3cc(Cl)cc(Cl)c3C[C@H]2N2CC[C@@H](O)C2)N1. The Morgan fingerprint density at radius 3 is 2.83 bits per heavy atom. The summed E-state index contributed by atoms with van der Waals surface area (Å²) < 4.78 is 6.61. The van der Waals surface area contributed by atoms with Gasteiger partial charge in [-0.25, -0.2) is 0 Å². The molecule has 3 atom stereocenters. The minimum absolute atomic E-state index is 0.0309. The number of ether oxygens (including phenoxy) is 1. The van der Waals surface area contributed by atoms with Crippen molar-refractivity contribution in [2.45, 2.75) is 43.9 Å². The molecular weight excluding hydrogens is 411 g/mol. The van der Waals surface area contributed by atoms with Crippen LogP contribution >= 0.6 is 23.2 Å². The first-order chi connectivity index (χ1) is 14.0. The molecule has 2 aromatic carbocycles. The van der Waals surface area contributed by atoms with Crippen molar-refractivity contribution in [2.24, 2.45) is 0 Å². The second-order valence-corrected chi connectivity index (χ2v) is 8.88. The molecule has 0 aromatic heterocycles. The predicted octanol–water partition coefficient (Wildman–Crippen LogP) is 3.99. The Labute approximate surface area is 179 Å². The van der Waals surface area contributed by atoms with Gasteiger partial charge in [0, 0.05) is 46.4 Å². The first kappa shape index (κ1) is 19.2. The van der Waals surface area contributed by atoms with Crippen molar-refractivity contribution in [3.63, 3.8) is 0 Å². The summed E-state index contributed by atoms with van der Waals surface area (Å²) in [5.74, 6) is 0.810. The number of β-amino-alcohol motifs (C(OH)–C–C–N with tert-alkyl or cyclic N) is 1. The molecule has 5 nitrogen and oxygen atoms in total. The van der Waals surface area contributed by atoms with Gasteiger partial charge < -0.3 is 15.2 Å². The van der Waals surface area contributed by atoms with Gasteiger partial charge in [-0.2, -0.15) is 0 Å². The molecule has 1 amide bonds. The van der Waals surface area contributed by atoms with E-state index >= 15 is 0 Å². The zero-order valence-corrected chi connectivity index (χ0v) is 17.3. The molecule has 29 heavy (non-hydrogen) atoms. The Kier molecular flexibility index (Phi) is 4.95. The second kappa shape index (κ2) is 7.47. The van der Waals surface area contributed by atoms with Crippen molar-refractivity contribution < 1.29 is 14.6 Å². The van der Waals surface area contributed by atoms with Crippen molar-refractivity contribution in [3.8, 4) is 5.75 Å². The fourth-order valence-corrected chi connectivity index (χ4v) is 5.37. The van der Waals surface area contributed by atoms with Crippen LogP contribution in [0.4, 0.5) is 5.69 Å². The van der Waals surface area contributed by atoms with Crippen LogP contribution in [0.1, 0.15) is 35.6 Å². The first-order valence-corrected chi connectivity index (χ1v) is 10.7. The highest BCUT2D eigenvalue weighted by molar-refractivity contribution is 6.35. The smallest absolute Gasteiger partial charge is 0.224 e. The Balaban J connectivity index is 1.53. The van der Waals surface area contributed by atoms with Crippen molar-refractivity contribution >= 4 is 34.8 Å². The van der Waals surface area contributed by atoms with Gasteiger partial charge in [0.1, 0.15) is 11.9 Å². The number of fused-ring (bicyclic) bond motifs is 2. The highest BCUT2D eigenvalue weighted by Crippen LogP contribution is 2.44. The molecule has 1 aliphatic carbocycles. The van der Waals surface area contributed by atoms with Gasteiger partial charge in [0.15, 0.2) is 0 Å². The number of hydrogen-bond acceptors (Lipinski definition) is 4. The molecule has 7 heteroatoms. The van der Waals surface area contributed by atoms with Crippen LogP contribution < -0.4 is 10.1 Å². The lowest BCUT2D eigenvalue weighted by Gasteiger charge is -2.31. The number of carbonyl (C=O) groups excluding carboxylic acids is 1. The third kappa shape index (κ3) is 3.50. The topological polar surface area (TPSA) is 61.8 Å². The van der Waals surface area contributed by atoms with Gasteiger partial charge in [-0.05, 0) is 49.1 Å². The van der Waals surface area contributed by atoms with E-state index in [4.69, 9.17) is 27.9 Å². The maximum atomic E-state index is 11.8. The zero-order valence-electron chi connectivity index (χ0n) is 15.8. The van der Waals surface area contributed by atoms with Crippen LogP contribution in [0.25, 0.3) is 0 Å². The fourth-order valence-electron chi connectivity index (χ4n) is 4.79. The molecule has 2 heterocycles. The standard InChI is InChI=1S/C22H22Cl2N2O3/c23-12-8-16-15(17(24)9-12)10-19(26-7-6-13(27)11-26)22(16)29-20-3-1-2-18-14(20)4-5-21(28)25-18/h1-3,8-9,13,19,22,27H,4-7,10-11H2,(H,25,28)/t13-,19-,22+/m1/s1. The number of halogens is 2. The molecule has 2 aliphatic heterocycles. The van der Waals surface area contributed by atoms with E-state index in [1.165, 1.54) is 0 Å². The number of aliphatic hydroxyl groups excluding tert-OH is 1. The van der Waals surface area contributed by atoms with E-state index < -0.39 is 0 Å². The third-order valence-electron chi connectivity index (χ3n) is 6.19. The number of hydrogen-bond donors (Lipinski definition) is 2. The van der Waals surface area contributed by atoms with Crippen molar-refractivity contribution in [3.05, 3.63) is 57.1 Å². The first-order valence-electron chi connectivity index (χ1n) is 9.98. The summed E-state index contributed by atoms with van der Waals surface area (Å²) in [7, 11) is 0. The van der Waals surface area contributed by atoms with Gasteiger partial charge in [0.05, 0.1) is 12.1 Å². The van der Waals surface area contributed by atoms with Crippen LogP contribution in [0.3, 0.4) is 0 Å². The average molecular weight is 433 g/mol. The molecular formula is C22H22Cl2N2O3. The molecule has 0 bridgehead atoms. The number of likely N-dealkylation sites (tertiary alicyclic amines) is 1. The monoisotopic (exact) mass is 432 g/mol. The number of nitrogens with zero attached hydrogens (tertiary/aromatic N) is 1. The van der Waals surface area contributed by atoms with Gasteiger partial charge in [0.25, 0.3) is 0 Å². The molecule has 5 rings (SSSR count). The van der Waals surface area contributed by atoms with Crippen molar-refractivity contribution in [2.75, 3.05) is 18.4 Å². The molecule has 0 radical (unpaired) electrons. The summed E-state index contributed by atoms with van der Waals surface area (Å²) in [6, 6.07) is 9.55. The molecule has 2 aromatic rings. The van der Waals surface area contributed by atoms with Crippen molar-refractivity contribution in [1.82, 2.24) is 4.90 Å². The summed E-state index contributed by atoms with van der Waals surface area (Å²) in [5, 5.41) is 14.2. The lowest BCUT2D eigenvalue weighted by Crippen LogP contribution is -2.39. The fraction of sp³-hybridized carbons (Fsp3) is 0.409. The lowest BCUT2D eigenvalue weighted by molar-refractivity contribution is -0.116. The normalized spacial score (nSPS) is 26.2. The molecule has 0 saturated carbocycles. The van der Waals surface area contributed by atoms with Crippen molar-refractivity contribution in [1.29, 1.82) is 0 Å². The number of anilines is 1. The Bertz CT molecular complexity index is 981. The van der Waals surface area contributed by atoms with E-state index in [0.29, 0.717) is 29.4 Å². The number of nitrogens with one attached hydrogen (secondary N) is 1. The van der Waals surface area contributed by atoms with E-state index in [1.807, 2.05) is 24.3 Å². The lowest BCUT2D eigenvalue weighted by atomic mass is 10.0. The van der Waals surface area contributed by atoms with Crippen LogP contribution in [0.5, 0.6) is 5.75 Å². The second-order valence-electron chi connectivity index (χ2n) is 8.03. The van der Waals surface area contributed by atoms with Crippen LogP contribution in [-0.4, -0.2) is 41.1 Å². The van der Waals surface area contributed by atoms with Crippen LogP contribution in [0.15, 0.2) is 30.3 Å².